The van der Waals surface area contributed by atoms with Crippen LogP contribution in [0.25, 0.3) is 10.1 Å². The number of hydrogen-bond donors (Lipinski definition) is 2. The fraction of sp³-hybridized carbons (Fsp3) is 0.100. The lowest BCUT2D eigenvalue weighted by atomic mass is 10.1. The SMILES string of the molecule is N#CCc1ccc2sc(O)cc2c1O. The molecule has 0 aliphatic carbocycles. The largest absolute Gasteiger partial charge is 0.507 e. The van der Waals surface area contributed by atoms with E-state index in [1.54, 1.807) is 12.1 Å². The minimum atomic E-state index is 0.0978. The van der Waals surface area contributed by atoms with Gasteiger partial charge in [0.15, 0.2) is 5.06 Å². The van der Waals surface area contributed by atoms with E-state index < -0.39 is 0 Å². The van der Waals surface area contributed by atoms with Gasteiger partial charge in [-0.25, -0.2) is 0 Å². The van der Waals surface area contributed by atoms with Crippen LogP contribution < -0.4 is 0 Å². The monoisotopic (exact) mass is 205 g/mol. The van der Waals surface area contributed by atoms with Crippen LogP contribution in [0, 0.1) is 11.3 Å². The number of phenolic OH excluding ortho intramolecular Hbond substituents is 1. The van der Waals surface area contributed by atoms with E-state index in [0.29, 0.717) is 10.9 Å². The van der Waals surface area contributed by atoms with Gasteiger partial charge in [0.05, 0.1) is 12.5 Å². The Kier molecular flexibility index (Phi) is 2.02. The molecule has 14 heavy (non-hydrogen) atoms. The van der Waals surface area contributed by atoms with Crippen molar-refractivity contribution in [1.82, 2.24) is 0 Å². The number of thiophene rings is 1. The minimum Gasteiger partial charge on any atom is -0.507 e. The molecule has 0 saturated heterocycles. The number of hydrogen-bond acceptors (Lipinski definition) is 4. The van der Waals surface area contributed by atoms with E-state index in [9.17, 15) is 10.2 Å². The third kappa shape index (κ3) is 1.28. The van der Waals surface area contributed by atoms with Crippen LogP contribution in [0.15, 0.2) is 18.2 Å². The summed E-state index contributed by atoms with van der Waals surface area (Å²) in [6.45, 7) is 0. The maximum absolute atomic E-state index is 9.74. The van der Waals surface area contributed by atoms with Gasteiger partial charge in [-0.1, -0.05) is 17.4 Å². The maximum atomic E-state index is 9.74. The summed E-state index contributed by atoms with van der Waals surface area (Å²) in [5.41, 5.74) is 0.595. The summed E-state index contributed by atoms with van der Waals surface area (Å²) in [5.74, 6) is 0.0978. The van der Waals surface area contributed by atoms with Gasteiger partial charge in [-0.15, -0.1) is 0 Å². The van der Waals surface area contributed by atoms with Crippen molar-refractivity contribution in [3.63, 3.8) is 0 Å². The number of nitrogens with zero attached hydrogens (tertiary/aromatic N) is 1. The quantitative estimate of drug-likeness (QED) is 0.751. The van der Waals surface area contributed by atoms with Gasteiger partial charge in [0, 0.05) is 21.7 Å². The molecule has 1 aromatic heterocycles. The minimum absolute atomic E-state index is 0.0978. The van der Waals surface area contributed by atoms with Gasteiger partial charge in [0.2, 0.25) is 0 Å². The lowest BCUT2D eigenvalue weighted by Crippen LogP contribution is -1.81. The third-order valence-corrected chi connectivity index (χ3v) is 2.92. The zero-order chi connectivity index (χ0) is 10.1. The average molecular weight is 205 g/mol. The van der Waals surface area contributed by atoms with Crippen molar-refractivity contribution < 1.29 is 10.2 Å². The molecule has 0 aliphatic rings. The van der Waals surface area contributed by atoms with E-state index in [-0.39, 0.29) is 17.2 Å². The summed E-state index contributed by atoms with van der Waals surface area (Å²) in [6.07, 6.45) is 0.179. The summed E-state index contributed by atoms with van der Waals surface area (Å²) in [4.78, 5) is 0. The van der Waals surface area contributed by atoms with Crippen LogP contribution >= 0.6 is 11.3 Å². The second-order valence-corrected chi connectivity index (χ2v) is 3.97. The molecule has 0 amide bonds. The smallest absolute Gasteiger partial charge is 0.172 e. The predicted octanol–water partition coefficient (Wildman–Crippen LogP) is 2.38. The van der Waals surface area contributed by atoms with Gasteiger partial charge in [-0.05, 0) is 6.07 Å². The molecule has 0 saturated carbocycles. The van der Waals surface area contributed by atoms with Crippen molar-refractivity contribution in [3.05, 3.63) is 23.8 Å². The van der Waals surface area contributed by atoms with Gasteiger partial charge in [0.25, 0.3) is 0 Å². The van der Waals surface area contributed by atoms with Crippen molar-refractivity contribution >= 4 is 21.4 Å². The molecule has 3 nitrogen and oxygen atoms in total. The molecule has 0 atom stereocenters. The van der Waals surface area contributed by atoms with E-state index in [0.717, 1.165) is 4.70 Å². The van der Waals surface area contributed by atoms with Crippen molar-refractivity contribution in [2.24, 2.45) is 0 Å². The van der Waals surface area contributed by atoms with Crippen LogP contribution in [0.3, 0.4) is 0 Å². The Hall–Kier alpha value is -1.73. The summed E-state index contributed by atoms with van der Waals surface area (Å²) in [6, 6.07) is 6.99. The first-order valence-electron chi connectivity index (χ1n) is 4.02. The van der Waals surface area contributed by atoms with Crippen LogP contribution in [0.4, 0.5) is 0 Å². The van der Waals surface area contributed by atoms with E-state index in [4.69, 9.17) is 5.26 Å². The third-order valence-electron chi connectivity index (χ3n) is 2.01. The highest BCUT2D eigenvalue weighted by Gasteiger charge is 2.08. The Morgan fingerprint density at radius 3 is 2.86 bits per heavy atom. The highest BCUT2D eigenvalue weighted by Crippen LogP contribution is 2.37. The molecular weight excluding hydrogens is 198 g/mol. The van der Waals surface area contributed by atoms with Crippen LogP contribution in [0.1, 0.15) is 5.56 Å². The van der Waals surface area contributed by atoms with E-state index >= 15 is 0 Å². The molecule has 0 aliphatic heterocycles. The first-order chi connectivity index (χ1) is 6.72. The van der Waals surface area contributed by atoms with Crippen molar-refractivity contribution in [1.29, 1.82) is 5.26 Å². The zero-order valence-corrected chi connectivity index (χ0v) is 8.01. The molecule has 0 unspecified atom stereocenters. The summed E-state index contributed by atoms with van der Waals surface area (Å²) in [5, 5.41) is 28.3. The Bertz CT molecular complexity index is 525. The Morgan fingerprint density at radius 1 is 1.36 bits per heavy atom. The first kappa shape index (κ1) is 8.85. The van der Waals surface area contributed by atoms with E-state index in [1.807, 2.05) is 6.07 Å². The Morgan fingerprint density at radius 2 is 2.14 bits per heavy atom. The van der Waals surface area contributed by atoms with Gasteiger partial charge in [-0.3, -0.25) is 0 Å². The molecule has 0 spiro atoms. The van der Waals surface area contributed by atoms with Crippen molar-refractivity contribution in [2.75, 3.05) is 0 Å². The van der Waals surface area contributed by atoms with Crippen molar-refractivity contribution in [3.8, 4) is 16.9 Å². The van der Waals surface area contributed by atoms with Crippen LogP contribution in [0.5, 0.6) is 10.8 Å². The number of benzene rings is 1. The molecule has 1 aromatic carbocycles. The maximum Gasteiger partial charge on any atom is 0.172 e. The Balaban J connectivity index is 2.69. The van der Waals surface area contributed by atoms with Crippen LogP contribution in [-0.2, 0) is 6.42 Å². The van der Waals surface area contributed by atoms with Crippen LogP contribution in [-0.4, -0.2) is 10.2 Å². The fourth-order valence-electron chi connectivity index (χ4n) is 1.36. The molecule has 2 rings (SSSR count). The second-order valence-electron chi connectivity index (χ2n) is 2.90. The summed E-state index contributed by atoms with van der Waals surface area (Å²) in [7, 11) is 0. The highest BCUT2D eigenvalue weighted by atomic mass is 32.1. The van der Waals surface area contributed by atoms with Gasteiger partial charge in [0.1, 0.15) is 5.75 Å². The molecule has 70 valence electrons. The second kappa shape index (κ2) is 3.20. The number of fused-ring (bicyclic) bond motifs is 1. The van der Waals surface area contributed by atoms with Gasteiger partial charge in [-0.2, -0.15) is 5.26 Å². The average Bonchev–Trinajstić information content (AvgIpc) is 2.52. The molecule has 0 bridgehead atoms. The van der Waals surface area contributed by atoms with Crippen LogP contribution in [0.2, 0.25) is 0 Å². The molecule has 0 fully saturated rings. The number of nitriles is 1. The lowest BCUT2D eigenvalue weighted by Gasteiger charge is -2.00. The first-order valence-corrected chi connectivity index (χ1v) is 4.84. The molecule has 2 N–H and O–H groups in total. The summed E-state index contributed by atoms with van der Waals surface area (Å²) >= 11 is 1.21. The topological polar surface area (TPSA) is 64.2 Å². The molecule has 2 aromatic rings. The molecule has 1 heterocycles. The number of rotatable bonds is 1. The molecule has 0 radical (unpaired) electrons. The predicted molar refractivity (Wildman–Crippen MR) is 54.5 cm³/mol. The number of aromatic hydroxyl groups is 2. The van der Waals surface area contributed by atoms with E-state index in [2.05, 4.69) is 0 Å². The molecular formula is C10H7NO2S. The standard InChI is InChI=1S/C10H7NO2S/c11-4-3-6-1-2-8-7(10(6)13)5-9(12)14-8/h1-2,5,12-13H,3H2. The van der Waals surface area contributed by atoms with Crippen molar-refractivity contribution in [2.45, 2.75) is 6.42 Å². The highest BCUT2D eigenvalue weighted by molar-refractivity contribution is 7.20. The number of phenols is 1. The Labute approximate surface area is 84.5 Å². The van der Waals surface area contributed by atoms with Gasteiger partial charge >= 0.3 is 0 Å². The van der Waals surface area contributed by atoms with E-state index in [1.165, 1.54) is 17.4 Å². The fourth-order valence-corrected chi connectivity index (χ4v) is 2.16. The van der Waals surface area contributed by atoms with Gasteiger partial charge < -0.3 is 10.2 Å². The zero-order valence-electron chi connectivity index (χ0n) is 7.19. The lowest BCUT2D eigenvalue weighted by molar-refractivity contribution is 0.475. The summed E-state index contributed by atoms with van der Waals surface area (Å²) < 4.78 is 0.821. The normalized spacial score (nSPS) is 10.2. The molecule has 4 heteroatoms.